The van der Waals surface area contributed by atoms with Crippen molar-refractivity contribution in [1.29, 1.82) is 0 Å². The predicted octanol–water partition coefficient (Wildman–Crippen LogP) is 3.61. The summed E-state index contributed by atoms with van der Waals surface area (Å²) in [7, 11) is 1.80. The number of β-amino-alcohol motifs (C(OH)–C–C–N with tert-alkyl or cyclic N) is 1. The summed E-state index contributed by atoms with van der Waals surface area (Å²) >= 11 is 0. The lowest BCUT2D eigenvalue weighted by molar-refractivity contribution is 0.0539. The van der Waals surface area contributed by atoms with E-state index in [0.29, 0.717) is 18.2 Å². The molecule has 4 nitrogen and oxygen atoms in total. The van der Waals surface area contributed by atoms with Gasteiger partial charge in [0, 0.05) is 31.0 Å². The Balaban J connectivity index is 1.73. The number of ether oxygens (including phenoxy) is 1. The van der Waals surface area contributed by atoms with Gasteiger partial charge in [0.25, 0.3) is 0 Å². The Kier molecular flexibility index (Phi) is 7.14. The number of aromatic nitrogens is 1. The average Bonchev–Trinajstić information content (AvgIpc) is 2.58. The largest absolute Gasteiger partial charge is 0.387 e. The van der Waals surface area contributed by atoms with Crippen LogP contribution in [0.4, 0.5) is 4.39 Å². The van der Waals surface area contributed by atoms with E-state index in [1.165, 1.54) is 44.4 Å². The van der Waals surface area contributed by atoms with E-state index in [0.717, 1.165) is 18.5 Å². The summed E-state index contributed by atoms with van der Waals surface area (Å²) in [5, 5.41) is 13.6. The van der Waals surface area contributed by atoms with Crippen molar-refractivity contribution in [3.8, 4) is 0 Å². The molecule has 1 fully saturated rings. The first-order valence-corrected chi connectivity index (χ1v) is 8.96. The molecule has 2 N–H and O–H groups in total. The Morgan fingerprint density at radius 1 is 1.33 bits per heavy atom. The van der Waals surface area contributed by atoms with Crippen molar-refractivity contribution < 1.29 is 14.2 Å². The van der Waals surface area contributed by atoms with Crippen LogP contribution in [0.5, 0.6) is 0 Å². The zero-order valence-electron chi connectivity index (χ0n) is 15.1. The first-order valence-electron chi connectivity index (χ1n) is 8.96. The molecular formula is C19H31FN2O2. The van der Waals surface area contributed by atoms with Crippen LogP contribution in [-0.4, -0.2) is 35.4 Å². The molecule has 1 aromatic heterocycles. The van der Waals surface area contributed by atoms with Gasteiger partial charge in [0.2, 0.25) is 0 Å². The second-order valence-electron chi connectivity index (χ2n) is 7.63. The van der Waals surface area contributed by atoms with E-state index in [9.17, 15) is 9.50 Å². The molecule has 1 aliphatic rings. The molecule has 1 saturated carbocycles. The summed E-state index contributed by atoms with van der Waals surface area (Å²) in [5.74, 6) is 0.354. The first kappa shape index (κ1) is 19.3. The molecule has 1 atom stereocenters. The molecule has 1 unspecified atom stereocenters. The molecule has 136 valence electrons. The third kappa shape index (κ3) is 6.11. The van der Waals surface area contributed by atoms with Crippen molar-refractivity contribution in [3.05, 3.63) is 29.8 Å². The smallest absolute Gasteiger partial charge is 0.141 e. The van der Waals surface area contributed by atoms with Gasteiger partial charge in [-0.2, -0.15) is 0 Å². The van der Waals surface area contributed by atoms with Gasteiger partial charge in [-0.25, -0.2) is 4.39 Å². The molecule has 0 aromatic carbocycles. The normalized spacial score (nSPS) is 23.2. The summed E-state index contributed by atoms with van der Waals surface area (Å²) in [5.41, 5.74) is 0.455. The van der Waals surface area contributed by atoms with Crippen molar-refractivity contribution >= 4 is 0 Å². The number of rotatable bonds is 8. The van der Waals surface area contributed by atoms with Crippen molar-refractivity contribution in [2.24, 2.45) is 5.92 Å². The number of hydrogen-bond acceptors (Lipinski definition) is 4. The van der Waals surface area contributed by atoms with Crippen LogP contribution in [0.3, 0.4) is 0 Å². The van der Waals surface area contributed by atoms with Crippen molar-refractivity contribution in [2.75, 3.05) is 13.7 Å². The molecule has 0 amide bonds. The molecule has 5 heteroatoms. The van der Waals surface area contributed by atoms with Gasteiger partial charge in [0.15, 0.2) is 0 Å². The maximum atomic E-state index is 13.2. The molecular weight excluding hydrogens is 307 g/mol. The molecule has 0 saturated heterocycles. The Hall–Kier alpha value is -1.04. The predicted molar refractivity (Wildman–Crippen MR) is 93.2 cm³/mol. The molecule has 0 bridgehead atoms. The maximum absolute atomic E-state index is 13.2. The van der Waals surface area contributed by atoms with Crippen molar-refractivity contribution in [3.63, 3.8) is 0 Å². The summed E-state index contributed by atoms with van der Waals surface area (Å²) in [6.45, 7) is 4.71. The fraction of sp³-hybridized carbons (Fsp3) is 0.737. The van der Waals surface area contributed by atoms with Crippen LogP contribution in [0, 0.1) is 11.7 Å². The van der Waals surface area contributed by atoms with Gasteiger partial charge in [-0.15, -0.1) is 0 Å². The van der Waals surface area contributed by atoms with Crippen LogP contribution in [-0.2, 0) is 4.74 Å². The molecule has 0 aliphatic heterocycles. The standard InChI is InChI=1S/C19H31FN2O2/c1-19(2,9-8-14-4-6-17(24-3)7-5-14)22-13-18(23)15-10-16(20)12-21-11-15/h10-12,14,17-18,22-23H,4-9,13H2,1-3H3. The van der Waals surface area contributed by atoms with Crippen LogP contribution >= 0.6 is 0 Å². The summed E-state index contributed by atoms with van der Waals surface area (Å²) in [6.07, 6.45) is 9.42. The third-order valence-electron chi connectivity index (χ3n) is 5.19. The lowest BCUT2D eigenvalue weighted by Crippen LogP contribution is -2.42. The van der Waals surface area contributed by atoms with Crippen LogP contribution in [0.15, 0.2) is 18.5 Å². The SMILES string of the molecule is COC1CCC(CCC(C)(C)NCC(O)c2cncc(F)c2)CC1. The number of aliphatic hydroxyl groups excluding tert-OH is 1. The highest BCUT2D eigenvalue weighted by Crippen LogP contribution is 2.31. The Morgan fingerprint density at radius 3 is 2.67 bits per heavy atom. The Morgan fingerprint density at radius 2 is 2.04 bits per heavy atom. The van der Waals surface area contributed by atoms with E-state index in [1.807, 2.05) is 0 Å². The molecule has 24 heavy (non-hydrogen) atoms. The van der Waals surface area contributed by atoms with Crippen molar-refractivity contribution in [2.45, 2.75) is 70.1 Å². The van der Waals surface area contributed by atoms with Crippen molar-refractivity contribution in [1.82, 2.24) is 10.3 Å². The number of halogens is 1. The monoisotopic (exact) mass is 338 g/mol. The number of nitrogens with zero attached hydrogens (tertiary/aromatic N) is 1. The number of methoxy groups -OCH3 is 1. The van der Waals surface area contributed by atoms with E-state index in [-0.39, 0.29) is 5.54 Å². The first-order chi connectivity index (χ1) is 11.4. The van der Waals surface area contributed by atoms with E-state index in [4.69, 9.17) is 4.74 Å². The fourth-order valence-corrected chi connectivity index (χ4v) is 3.41. The number of aliphatic hydroxyl groups is 1. The van der Waals surface area contributed by atoms with Gasteiger partial charge in [-0.05, 0) is 64.4 Å². The van der Waals surface area contributed by atoms with Gasteiger partial charge in [-0.3, -0.25) is 4.98 Å². The second-order valence-corrected chi connectivity index (χ2v) is 7.63. The number of pyridine rings is 1. The van der Waals surface area contributed by atoms with Crippen LogP contribution < -0.4 is 5.32 Å². The molecule has 1 aliphatic carbocycles. The van der Waals surface area contributed by atoms with Gasteiger partial charge >= 0.3 is 0 Å². The minimum Gasteiger partial charge on any atom is -0.387 e. The number of nitrogens with one attached hydrogen (secondary N) is 1. The summed E-state index contributed by atoms with van der Waals surface area (Å²) in [6, 6.07) is 1.33. The van der Waals surface area contributed by atoms with Gasteiger partial charge in [-0.1, -0.05) is 0 Å². The fourth-order valence-electron chi connectivity index (χ4n) is 3.41. The molecule has 1 heterocycles. The maximum Gasteiger partial charge on any atom is 0.141 e. The van der Waals surface area contributed by atoms with E-state index < -0.39 is 11.9 Å². The number of hydrogen-bond donors (Lipinski definition) is 2. The van der Waals surface area contributed by atoms with E-state index in [1.54, 1.807) is 7.11 Å². The second kappa shape index (κ2) is 8.88. The van der Waals surface area contributed by atoms with Gasteiger partial charge in [0.05, 0.1) is 18.4 Å². The summed E-state index contributed by atoms with van der Waals surface area (Å²) in [4.78, 5) is 3.79. The topological polar surface area (TPSA) is 54.4 Å². The lowest BCUT2D eigenvalue weighted by atomic mass is 9.82. The minimum atomic E-state index is -0.746. The zero-order valence-corrected chi connectivity index (χ0v) is 15.1. The highest BCUT2D eigenvalue weighted by atomic mass is 19.1. The van der Waals surface area contributed by atoms with Crippen LogP contribution in [0.1, 0.15) is 64.0 Å². The van der Waals surface area contributed by atoms with Gasteiger partial charge < -0.3 is 15.2 Å². The lowest BCUT2D eigenvalue weighted by Gasteiger charge is -2.32. The third-order valence-corrected chi connectivity index (χ3v) is 5.19. The Bertz CT molecular complexity index is 502. The van der Waals surface area contributed by atoms with Crippen LogP contribution in [0.2, 0.25) is 0 Å². The zero-order chi connectivity index (χ0) is 17.6. The highest BCUT2D eigenvalue weighted by Gasteiger charge is 2.24. The molecule has 0 radical (unpaired) electrons. The Labute approximate surface area is 144 Å². The van der Waals surface area contributed by atoms with E-state index >= 15 is 0 Å². The quantitative estimate of drug-likeness (QED) is 0.760. The molecule has 2 rings (SSSR count). The summed E-state index contributed by atoms with van der Waals surface area (Å²) < 4.78 is 18.6. The van der Waals surface area contributed by atoms with Crippen LogP contribution in [0.25, 0.3) is 0 Å². The molecule has 1 aromatic rings. The van der Waals surface area contributed by atoms with E-state index in [2.05, 4.69) is 24.1 Å². The van der Waals surface area contributed by atoms with Gasteiger partial charge in [0.1, 0.15) is 5.82 Å². The average molecular weight is 338 g/mol. The molecule has 0 spiro atoms. The highest BCUT2D eigenvalue weighted by molar-refractivity contribution is 5.13. The minimum absolute atomic E-state index is 0.0557.